The molecule has 5 heteroatoms. The highest BCUT2D eigenvalue weighted by atomic mass is 32.2. The van der Waals surface area contributed by atoms with Crippen LogP contribution in [0.1, 0.15) is 38.4 Å². The number of hydrogen-bond acceptors (Lipinski definition) is 4. The van der Waals surface area contributed by atoms with Crippen molar-refractivity contribution in [2.24, 2.45) is 11.8 Å². The molecule has 1 aliphatic rings. The topological polar surface area (TPSA) is 59.1 Å². The molecule has 1 aliphatic heterocycles. The molecule has 0 saturated carbocycles. The predicted molar refractivity (Wildman–Crippen MR) is 81.2 cm³/mol. The third-order valence-electron chi connectivity index (χ3n) is 3.73. The molecule has 1 saturated heterocycles. The lowest BCUT2D eigenvalue weighted by Crippen LogP contribution is -2.29. The van der Waals surface area contributed by atoms with Crippen molar-refractivity contribution in [3.63, 3.8) is 0 Å². The minimum atomic E-state index is -2.79. The molecule has 0 aromatic carbocycles. The van der Waals surface area contributed by atoms with Gasteiger partial charge in [0.25, 0.3) is 0 Å². The fraction of sp³-hybridized carbons (Fsp3) is 0.667. The number of nitrogens with zero attached hydrogens (tertiary/aromatic N) is 1. The van der Waals surface area contributed by atoms with Gasteiger partial charge in [-0.15, -0.1) is 0 Å². The maximum atomic E-state index is 11.5. The molecule has 0 aliphatic carbocycles. The first-order valence-electron chi connectivity index (χ1n) is 7.31. The summed E-state index contributed by atoms with van der Waals surface area (Å²) < 4.78 is 23.0. The third kappa shape index (κ3) is 4.56. The van der Waals surface area contributed by atoms with Crippen LogP contribution in [0.15, 0.2) is 24.4 Å². The lowest BCUT2D eigenvalue weighted by molar-refractivity contribution is 0.392. The van der Waals surface area contributed by atoms with Crippen LogP contribution >= 0.6 is 0 Å². The summed E-state index contributed by atoms with van der Waals surface area (Å²) in [6, 6.07) is 6.15. The van der Waals surface area contributed by atoms with Crippen LogP contribution < -0.4 is 5.32 Å². The van der Waals surface area contributed by atoms with Crippen molar-refractivity contribution in [1.29, 1.82) is 0 Å². The maximum Gasteiger partial charge on any atom is 0.150 e. The molecule has 0 spiro atoms. The Labute approximate surface area is 121 Å². The number of pyridine rings is 1. The van der Waals surface area contributed by atoms with E-state index in [4.69, 9.17) is 0 Å². The fourth-order valence-electron chi connectivity index (χ4n) is 2.70. The van der Waals surface area contributed by atoms with Crippen LogP contribution in [-0.2, 0) is 9.84 Å². The highest BCUT2D eigenvalue weighted by molar-refractivity contribution is 7.91. The molecule has 1 aromatic heterocycles. The van der Waals surface area contributed by atoms with Gasteiger partial charge in [-0.25, -0.2) is 8.42 Å². The van der Waals surface area contributed by atoms with Gasteiger partial charge in [0.15, 0.2) is 9.84 Å². The molecule has 20 heavy (non-hydrogen) atoms. The Morgan fingerprint density at radius 3 is 2.75 bits per heavy atom. The van der Waals surface area contributed by atoms with Gasteiger partial charge in [0.1, 0.15) is 0 Å². The number of aromatic nitrogens is 1. The summed E-state index contributed by atoms with van der Waals surface area (Å²) in [4.78, 5) is 4.43. The van der Waals surface area contributed by atoms with Crippen LogP contribution in [0.3, 0.4) is 0 Å². The summed E-state index contributed by atoms with van der Waals surface area (Å²) in [7, 11) is -2.79. The van der Waals surface area contributed by atoms with E-state index in [1.54, 1.807) is 0 Å². The molecule has 0 amide bonds. The van der Waals surface area contributed by atoms with Crippen LogP contribution in [-0.4, -0.2) is 31.5 Å². The molecule has 2 atom stereocenters. The second kappa shape index (κ2) is 6.68. The van der Waals surface area contributed by atoms with E-state index < -0.39 is 9.84 Å². The summed E-state index contributed by atoms with van der Waals surface area (Å²) in [6.45, 7) is 5.14. The van der Waals surface area contributed by atoms with E-state index in [0.29, 0.717) is 17.4 Å². The van der Waals surface area contributed by atoms with E-state index in [2.05, 4.69) is 24.1 Å². The molecule has 2 heterocycles. The lowest BCUT2D eigenvalue weighted by Gasteiger charge is -2.22. The predicted octanol–water partition coefficient (Wildman–Crippen LogP) is 2.19. The van der Waals surface area contributed by atoms with E-state index >= 15 is 0 Å². The average molecular weight is 296 g/mol. The van der Waals surface area contributed by atoms with Crippen LogP contribution in [0.4, 0.5) is 0 Å². The molecule has 0 bridgehead atoms. The van der Waals surface area contributed by atoms with Crippen LogP contribution in [0.5, 0.6) is 0 Å². The van der Waals surface area contributed by atoms with Gasteiger partial charge in [-0.2, -0.15) is 0 Å². The Hall–Kier alpha value is -0.940. The second-order valence-electron chi connectivity index (χ2n) is 6.11. The molecular formula is C15H24N2O2S. The molecule has 1 N–H and O–H groups in total. The van der Waals surface area contributed by atoms with Gasteiger partial charge in [-0.3, -0.25) is 4.98 Å². The zero-order chi connectivity index (χ0) is 14.6. The van der Waals surface area contributed by atoms with Crippen LogP contribution in [0, 0.1) is 11.8 Å². The van der Waals surface area contributed by atoms with Gasteiger partial charge in [0.05, 0.1) is 17.2 Å². The molecule has 1 fully saturated rings. The standard InChI is InChI=1S/C15H24N2O2S/c1-12(2)9-15(14-5-3-4-7-16-14)17-10-13-6-8-20(18,19)11-13/h3-5,7,12-13,15,17H,6,8-11H2,1-2H3/t13-,15-/m0/s1. The van der Waals surface area contributed by atoms with Gasteiger partial charge < -0.3 is 5.32 Å². The summed E-state index contributed by atoms with van der Waals surface area (Å²) in [5.74, 6) is 1.49. The van der Waals surface area contributed by atoms with Gasteiger partial charge in [-0.1, -0.05) is 19.9 Å². The van der Waals surface area contributed by atoms with Crippen LogP contribution in [0.2, 0.25) is 0 Å². The van der Waals surface area contributed by atoms with Crippen molar-refractivity contribution in [3.05, 3.63) is 30.1 Å². The molecule has 4 nitrogen and oxygen atoms in total. The molecule has 112 valence electrons. The van der Waals surface area contributed by atoms with Crippen LogP contribution in [0.25, 0.3) is 0 Å². The largest absolute Gasteiger partial charge is 0.308 e. The summed E-state index contributed by atoms with van der Waals surface area (Å²) >= 11 is 0. The van der Waals surface area contributed by atoms with Crippen molar-refractivity contribution < 1.29 is 8.42 Å². The van der Waals surface area contributed by atoms with E-state index in [1.807, 2.05) is 24.4 Å². The Balaban J connectivity index is 1.95. The Morgan fingerprint density at radius 1 is 1.40 bits per heavy atom. The van der Waals surface area contributed by atoms with E-state index in [1.165, 1.54) is 0 Å². The van der Waals surface area contributed by atoms with Gasteiger partial charge >= 0.3 is 0 Å². The van der Waals surface area contributed by atoms with Crippen molar-refractivity contribution in [2.75, 3.05) is 18.1 Å². The zero-order valence-electron chi connectivity index (χ0n) is 12.2. The van der Waals surface area contributed by atoms with Crippen molar-refractivity contribution in [2.45, 2.75) is 32.7 Å². The average Bonchev–Trinajstić information content (AvgIpc) is 2.75. The Bertz CT molecular complexity index is 514. The Kier molecular flexibility index (Phi) is 5.16. The van der Waals surface area contributed by atoms with Crippen molar-refractivity contribution in [1.82, 2.24) is 10.3 Å². The molecule has 2 rings (SSSR count). The highest BCUT2D eigenvalue weighted by Crippen LogP contribution is 2.22. The quantitative estimate of drug-likeness (QED) is 0.874. The van der Waals surface area contributed by atoms with Crippen molar-refractivity contribution in [3.8, 4) is 0 Å². The summed E-state index contributed by atoms with van der Waals surface area (Å²) in [5.41, 5.74) is 1.04. The zero-order valence-corrected chi connectivity index (χ0v) is 13.1. The van der Waals surface area contributed by atoms with E-state index in [0.717, 1.165) is 25.1 Å². The number of hydrogen-bond donors (Lipinski definition) is 1. The third-order valence-corrected chi connectivity index (χ3v) is 5.57. The first-order chi connectivity index (χ1) is 9.46. The monoisotopic (exact) mass is 296 g/mol. The fourth-order valence-corrected chi connectivity index (χ4v) is 4.57. The normalized spacial score (nSPS) is 23.1. The molecule has 0 unspecified atom stereocenters. The minimum absolute atomic E-state index is 0.208. The maximum absolute atomic E-state index is 11.5. The lowest BCUT2D eigenvalue weighted by atomic mass is 9.99. The summed E-state index contributed by atoms with van der Waals surface area (Å²) in [6.07, 6.45) is 3.60. The van der Waals surface area contributed by atoms with Gasteiger partial charge in [-0.05, 0) is 43.4 Å². The number of rotatable bonds is 6. The first-order valence-corrected chi connectivity index (χ1v) is 9.13. The van der Waals surface area contributed by atoms with E-state index in [9.17, 15) is 8.42 Å². The molecule has 0 radical (unpaired) electrons. The Morgan fingerprint density at radius 2 is 2.20 bits per heavy atom. The first kappa shape index (κ1) is 15.4. The molecule has 1 aromatic rings. The SMILES string of the molecule is CC(C)C[C@H](NC[C@@H]1CCS(=O)(=O)C1)c1ccccn1. The number of nitrogens with one attached hydrogen (secondary N) is 1. The minimum Gasteiger partial charge on any atom is -0.308 e. The van der Waals surface area contributed by atoms with Crippen molar-refractivity contribution >= 4 is 9.84 Å². The van der Waals surface area contributed by atoms with Gasteiger partial charge in [0, 0.05) is 12.2 Å². The number of sulfone groups is 1. The highest BCUT2D eigenvalue weighted by Gasteiger charge is 2.28. The summed E-state index contributed by atoms with van der Waals surface area (Å²) in [5, 5.41) is 3.52. The smallest absolute Gasteiger partial charge is 0.150 e. The van der Waals surface area contributed by atoms with E-state index in [-0.39, 0.29) is 12.0 Å². The second-order valence-corrected chi connectivity index (χ2v) is 8.34. The van der Waals surface area contributed by atoms with Gasteiger partial charge in [0.2, 0.25) is 0 Å². The molecular weight excluding hydrogens is 272 g/mol.